The van der Waals surface area contributed by atoms with Crippen molar-refractivity contribution in [3.63, 3.8) is 0 Å². The highest BCUT2D eigenvalue weighted by atomic mass is 19.1. The number of para-hydroxylation sites is 1. The summed E-state index contributed by atoms with van der Waals surface area (Å²) in [5.41, 5.74) is 3.54. The molecule has 0 fully saturated rings. The Morgan fingerprint density at radius 1 is 1.06 bits per heavy atom. The third-order valence-corrected chi connectivity index (χ3v) is 4.32. The number of anilines is 1. The Labute approximate surface area is 181 Å². The second kappa shape index (κ2) is 13.0. The first kappa shape index (κ1) is 23.9. The number of carbonyl (C=O) groups excluding carboxylic acids is 2. The molecule has 166 valence electrons. The molecule has 0 aliphatic carbocycles. The highest BCUT2D eigenvalue weighted by Gasteiger charge is 2.10. The number of halogens is 1. The fourth-order valence-corrected chi connectivity index (χ4v) is 2.69. The lowest BCUT2D eigenvalue weighted by atomic mass is 10.2. The Morgan fingerprint density at radius 2 is 1.81 bits per heavy atom. The summed E-state index contributed by atoms with van der Waals surface area (Å²) in [6.07, 6.45) is 4.52. The minimum absolute atomic E-state index is 0.0241. The van der Waals surface area contributed by atoms with Crippen LogP contribution in [0, 0.1) is 5.82 Å². The highest BCUT2D eigenvalue weighted by Crippen LogP contribution is 2.30. The third-order valence-electron chi connectivity index (χ3n) is 4.32. The summed E-state index contributed by atoms with van der Waals surface area (Å²) in [5, 5.41) is 6.56. The predicted octanol–water partition coefficient (Wildman–Crippen LogP) is 4.27. The number of hydrogen-bond acceptors (Lipinski definition) is 5. The lowest BCUT2D eigenvalue weighted by Gasteiger charge is -2.13. The maximum absolute atomic E-state index is 12.9. The predicted molar refractivity (Wildman–Crippen MR) is 118 cm³/mol. The first-order valence-electron chi connectivity index (χ1n) is 10.2. The first-order chi connectivity index (χ1) is 15.0. The molecule has 7 nitrogen and oxygen atoms in total. The van der Waals surface area contributed by atoms with Crippen LogP contribution in [0.1, 0.15) is 44.6 Å². The number of rotatable bonds is 12. The van der Waals surface area contributed by atoms with Gasteiger partial charge in [-0.15, -0.1) is 0 Å². The zero-order valence-corrected chi connectivity index (χ0v) is 17.8. The molecule has 0 radical (unpaired) electrons. The van der Waals surface area contributed by atoms with Crippen molar-refractivity contribution < 1.29 is 23.5 Å². The zero-order chi connectivity index (χ0) is 22.5. The Balaban J connectivity index is 1.84. The second-order valence-electron chi connectivity index (χ2n) is 6.78. The SMILES string of the molecule is CCCCCOc1c(C=NNC(=O)CCC(=O)Nc2ccc(F)cc2)cccc1OC. The number of nitrogens with one attached hydrogen (secondary N) is 2. The van der Waals surface area contributed by atoms with Crippen molar-refractivity contribution >= 4 is 23.7 Å². The maximum atomic E-state index is 12.9. The summed E-state index contributed by atoms with van der Waals surface area (Å²) in [6, 6.07) is 10.8. The molecule has 31 heavy (non-hydrogen) atoms. The summed E-state index contributed by atoms with van der Waals surface area (Å²) in [6.45, 7) is 2.68. The van der Waals surface area contributed by atoms with Gasteiger partial charge in [0.05, 0.1) is 19.9 Å². The van der Waals surface area contributed by atoms with Gasteiger partial charge in [0.1, 0.15) is 5.82 Å². The number of benzene rings is 2. The number of methoxy groups -OCH3 is 1. The first-order valence-corrected chi connectivity index (χ1v) is 10.2. The van der Waals surface area contributed by atoms with Crippen molar-refractivity contribution in [3.8, 4) is 11.5 Å². The average molecular weight is 429 g/mol. The van der Waals surface area contributed by atoms with Gasteiger partial charge in [-0.1, -0.05) is 25.8 Å². The molecule has 2 aromatic carbocycles. The quantitative estimate of drug-likeness (QED) is 0.300. The van der Waals surface area contributed by atoms with Gasteiger partial charge >= 0.3 is 0 Å². The fourth-order valence-electron chi connectivity index (χ4n) is 2.69. The van der Waals surface area contributed by atoms with Crippen molar-refractivity contribution in [2.75, 3.05) is 19.0 Å². The van der Waals surface area contributed by atoms with Crippen molar-refractivity contribution in [1.29, 1.82) is 0 Å². The van der Waals surface area contributed by atoms with E-state index in [9.17, 15) is 14.0 Å². The van der Waals surface area contributed by atoms with Crippen molar-refractivity contribution in [2.24, 2.45) is 5.10 Å². The third kappa shape index (κ3) is 8.46. The lowest BCUT2D eigenvalue weighted by Crippen LogP contribution is -2.20. The van der Waals surface area contributed by atoms with Crippen LogP contribution in [0.2, 0.25) is 0 Å². The molecular weight excluding hydrogens is 401 g/mol. The summed E-state index contributed by atoms with van der Waals surface area (Å²) < 4.78 is 24.1. The van der Waals surface area contributed by atoms with E-state index >= 15 is 0 Å². The number of unbranched alkanes of at least 4 members (excludes halogenated alkanes) is 2. The molecule has 0 saturated carbocycles. The van der Waals surface area contributed by atoms with E-state index in [2.05, 4.69) is 22.8 Å². The number of hydrazone groups is 1. The Morgan fingerprint density at radius 3 is 2.52 bits per heavy atom. The number of hydrogen-bond donors (Lipinski definition) is 2. The van der Waals surface area contributed by atoms with Crippen LogP contribution in [0.4, 0.5) is 10.1 Å². The molecule has 2 amide bonds. The van der Waals surface area contributed by atoms with E-state index in [4.69, 9.17) is 9.47 Å². The molecule has 2 rings (SSSR count). The molecule has 2 aromatic rings. The average Bonchev–Trinajstić information content (AvgIpc) is 2.77. The van der Waals surface area contributed by atoms with Gasteiger partial charge in [0.2, 0.25) is 11.8 Å². The van der Waals surface area contributed by atoms with E-state index in [1.165, 1.54) is 30.5 Å². The van der Waals surface area contributed by atoms with Crippen LogP contribution in [-0.4, -0.2) is 31.7 Å². The van der Waals surface area contributed by atoms with Crippen molar-refractivity contribution in [2.45, 2.75) is 39.0 Å². The van der Waals surface area contributed by atoms with Gasteiger partial charge < -0.3 is 14.8 Å². The summed E-state index contributed by atoms with van der Waals surface area (Å²) in [5.74, 6) is 0.0166. The molecule has 0 aliphatic heterocycles. The standard InChI is InChI=1S/C23H28FN3O4/c1-3-4-5-15-31-23-17(7-6-8-20(23)30-2)16-25-27-22(29)14-13-21(28)26-19-11-9-18(24)10-12-19/h6-12,16H,3-5,13-15H2,1-2H3,(H,26,28)(H,27,29). The molecule has 0 bridgehead atoms. The smallest absolute Gasteiger partial charge is 0.240 e. The second-order valence-corrected chi connectivity index (χ2v) is 6.78. The molecule has 8 heteroatoms. The zero-order valence-electron chi connectivity index (χ0n) is 17.8. The van der Waals surface area contributed by atoms with Crippen molar-refractivity contribution in [3.05, 3.63) is 53.8 Å². The fraction of sp³-hybridized carbons (Fsp3) is 0.348. The van der Waals surface area contributed by atoms with E-state index in [-0.39, 0.29) is 24.6 Å². The maximum Gasteiger partial charge on any atom is 0.240 e. The summed E-state index contributed by atoms with van der Waals surface area (Å²) in [4.78, 5) is 23.9. The van der Waals surface area contributed by atoms with Crippen LogP contribution in [0.15, 0.2) is 47.6 Å². The highest BCUT2D eigenvalue weighted by molar-refractivity contribution is 5.93. The van der Waals surface area contributed by atoms with Crippen LogP contribution in [0.3, 0.4) is 0 Å². The van der Waals surface area contributed by atoms with E-state index < -0.39 is 5.91 Å². The van der Waals surface area contributed by atoms with E-state index in [0.717, 1.165) is 19.3 Å². The van der Waals surface area contributed by atoms with Crippen LogP contribution in [0.25, 0.3) is 0 Å². The van der Waals surface area contributed by atoms with Gasteiger partial charge in [-0.25, -0.2) is 9.82 Å². The number of ether oxygens (including phenoxy) is 2. The van der Waals surface area contributed by atoms with Gasteiger partial charge in [-0.05, 0) is 42.8 Å². The van der Waals surface area contributed by atoms with Gasteiger partial charge in [-0.3, -0.25) is 9.59 Å². The molecule has 0 spiro atoms. The van der Waals surface area contributed by atoms with Crippen LogP contribution >= 0.6 is 0 Å². The van der Waals surface area contributed by atoms with Gasteiger partial charge in [0.25, 0.3) is 0 Å². The summed E-state index contributed by atoms with van der Waals surface area (Å²) in [7, 11) is 1.56. The number of amides is 2. The number of nitrogens with zero attached hydrogens (tertiary/aromatic N) is 1. The van der Waals surface area contributed by atoms with E-state index in [0.29, 0.717) is 29.4 Å². The molecule has 0 saturated heterocycles. The largest absolute Gasteiger partial charge is 0.493 e. The normalized spacial score (nSPS) is 10.7. The molecule has 2 N–H and O–H groups in total. The Bertz CT molecular complexity index is 885. The minimum Gasteiger partial charge on any atom is -0.493 e. The van der Waals surface area contributed by atoms with Gasteiger partial charge in [0.15, 0.2) is 11.5 Å². The Kier molecular flexibility index (Phi) is 10.0. The Hall–Kier alpha value is -3.42. The molecule has 0 unspecified atom stereocenters. The number of carbonyl (C=O) groups is 2. The molecule has 0 aromatic heterocycles. The minimum atomic E-state index is -0.404. The van der Waals surface area contributed by atoms with Crippen molar-refractivity contribution in [1.82, 2.24) is 5.43 Å². The van der Waals surface area contributed by atoms with E-state index in [1.54, 1.807) is 19.2 Å². The molecular formula is C23H28FN3O4. The van der Waals surface area contributed by atoms with Gasteiger partial charge in [-0.2, -0.15) is 5.10 Å². The van der Waals surface area contributed by atoms with Crippen LogP contribution in [0.5, 0.6) is 11.5 Å². The lowest BCUT2D eigenvalue weighted by molar-refractivity contribution is -0.124. The molecule has 0 heterocycles. The molecule has 0 atom stereocenters. The van der Waals surface area contributed by atoms with Gasteiger partial charge in [0, 0.05) is 24.1 Å². The van der Waals surface area contributed by atoms with E-state index in [1.807, 2.05) is 6.07 Å². The topological polar surface area (TPSA) is 89.0 Å². The van der Waals surface area contributed by atoms with Crippen LogP contribution < -0.4 is 20.2 Å². The molecule has 0 aliphatic rings. The summed E-state index contributed by atoms with van der Waals surface area (Å²) >= 11 is 0. The van der Waals surface area contributed by atoms with Crippen LogP contribution in [-0.2, 0) is 9.59 Å². The monoisotopic (exact) mass is 429 g/mol.